The zero-order valence-electron chi connectivity index (χ0n) is 19.0. The zero-order valence-corrected chi connectivity index (χ0v) is 19.0. The van der Waals surface area contributed by atoms with Crippen molar-refractivity contribution in [1.82, 2.24) is 25.0 Å². The fourth-order valence-electron chi connectivity index (χ4n) is 3.60. The Hall–Kier alpha value is -3.50. The van der Waals surface area contributed by atoms with Crippen molar-refractivity contribution in [3.8, 4) is 23.0 Å². The smallest absolute Gasteiger partial charge is 0.252 e. The second kappa shape index (κ2) is 11.2. The van der Waals surface area contributed by atoms with Gasteiger partial charge >= 0.3 is 0 Å². The van der Waals surface area contributed by atoms with Gasteiger partial charge in [0.15, 0.2) is 5.82 Å². The summed E-state index contributed by atoms with van der Waals surface area (Å²) in [4.78, 5) is 19.2. The summed E-state index contributed by atoms with van der Waals surface area (Å²) >= 11 is 0. The molecule has 1 fully saturated rings. The highest BCUT2D eigenvalue weighted by molar-refractivity contribution is 5.93. The van der Waals surface area contributed by atoms with Gasteiger partial charge in [-0.2, -0.15) is 10.4 Å². The van der Waals surface area contributed by atoms with Gasteiger partial charge in [0.1, 0.15) is 0 Å². The predicted molar refractivity (Wildman–Crippen MR) is 125 cm³/mol. The Bertz CT molecular complexity index is 1040. The van der Waals surface area contributed by atoms with Crippen molar-refractivity contribution in [1.29, 1.82) is 5.26 Å². The molecule has 1 aliphatic heterocycles. The van der Waals surface area contributed by atoms with Crippen molar-refractivity contribution < 1.29 is 4.79 Å². The number of hydrogen-bond donors (Lipinski definition) is 1. The van der Waals surface area contributed by atoms with Crippen molar-refractivity contribution in [3.05, 3.63) is 66.1 Å². The number of aromatic nitrogens is 3. The van der Waals surface area contributed by atoms with Gasteiger partial charge < -0.3 is 10.2 Å². The molecule has 7 heteroatoms. The largest absolute Gasteiger partial charge is 0.352 e. The van der Waals surface area contributed by atoms with E-state index in [2.05, 4.69) is 33.4 Å². The van der Waals surface area contributed by atoms with Gasteiger partial charge in [-0.25, -0.2) is 9.67 Å². The van der Waals surface area contributed by atoms with Gasteiger partial charge in [0.25, 0.3) is 5.91 Å². The van der Waals surface area contributed by atoms with Crippen LogP contribution < -0.4 is 5.32 Å². The summed E-state index contributed by atoms with van der Waals surface area (Å²) in [5.41, 5.74) is 3.08. The molecule has 1 aromatic carbocycles. The normalized spacial score (nSPS) is 14.2. The van der Waals surface area contributed by atoms with Crippen LogP contribution in [0.3, 0.4) is 0 Å². The second-order valence-electron chi connectivity index (χ2n) is 7.72. The quantitative estimate of drug-likeness (QED) is 0.663. The summed E-state index contributed by atoms with van der Waals surface area (Å²) in [7, 11) is 2.13. The number of rotatable bonds is 5. The molecule has 0 atom stereocenters. The van der Waals surface area contributed by atoms with Crippen molar-refractivity contribution in [2.24, 2.45) is 5.92 Å². The van der Waals surface area contributed by atoms with Crippen LogP contribution in [0.15, 0.2) is 55.0 Å². The van der Waals surface area contributed by atoms with Crippen LogP contribution in [0, 0.1) is 17.2 Å². The predicted octanol–water partition coefficient (Wildman–Crippen LogP) is 3.90. The van der Waals surface area contributed by atoms with Gasteiger partial charge in [0.05, 0.1) is 23.4 Å². The van der Waals surface area contributed by atoms with E-state index in [1.165, 1.54) is 0 Å². The molecule has 3 heterocycles. The monoisotopic (exact) mass is 430 g/mol. The Morgan fingerprint density at radius 3 is 2.44 bits per heavy atom. The maximum absolute atomic E-state index is 12.4. The van der Waals surface area contributed by atoms with Crippen molar-refractivity contribution in [2.75, 3.05) is 26.7 Å². The van der Waals surface area contributed by atoms with E-state index in [4.69, 9.17) is 5.26 Å². The lowest BCUT2D eigenvalue weighted by atomic mass is 9.97. The van der Waals surface area contributed by atoms with E-state index in [1.807, 2.05) is 32.2 Å². The van der Waals surface area contributed by atoms with Crippen LogP contribution in [0.25, 0.3) is 16.9 Å². The molecule has 0 unspecified atom stereocenters. The van der Waals surface area contributed by atoms with Gasteiger partial charge in [-0.1, -0.05) is 26.0 Å². The molecule has 4 rings (SSSR count). The maximum atomic E-state index is 12.4. The molecule has 0 aliphatic carbocycles. The maximum Gasteiger partial charge on any atom is 0.252 e. The lowest BCUT2D eigenvalue weighted by Crippen LogP contribution is -2.36. The Morgan fingerprint density at radius 1 is 1.09 bits per heavy atom. The zero-order chi connectivity index (χ0) is 22.9. The fraction of sp³-hybridized carbons (Fsp3) is 0.360. The van der Waals surface area contributed by atoms with Crippen LogP contribution in [0.4, 0.5) is 0 Å². The first-order valence-electron chi connectivity index (χ1n) is 11.1. The summed E-state index contributed by atoms with van der Waals surface area (Å²) in [6.45, 7) is 6.89. The van der Waals surface area contributed by atoms with Crippen LogP contribution >= 0.6 is 0 Å². The molecule has 1 N–H and O–H groups in total. The highest BCUT2D eigenvalue weighted by Gasteiger charge is 2.17. The first kappa shape index (κ1) is 23.2. The third-order valence-electron chi connectivity index (χ3n) is 5.56. The van der Waals surface area contributed by atoms with Crippen LogP contribution in [-0.4, -0.2) is 52.3 Å². The molecule has 1 saturated heterocycles. The van der Waals surface area contributed by atoms with E-state index < -0.39 is 0 Å². The number of amides is 1. The summed E-state index contributed by atoms with van der Waals surface area (Å²) in [6.07, 6.45) is 7.46. The number of nitriles is 1. The molecule has 0 radical (unpaired) electrons. The molecular formula is C25H30N6O. The number of carbonyl (C=O) groups excluding carboxylic acids is 1. The fourth-order valence-corrected chi connectivity index (χ4v) is 3.60. The number of nitrogens with zero attached hydrogens (tertiary/aromatic N) is 5. The van der Waals surface area contributed by atoms with Crippen molar-refractivity contribution >= 4 is 5.91 Å². The molecule has 0 saturated carbocycles. The molecule has 0 bridgehead atoms. The average Bonchev–Trinajstić information content (AvgIpc) is 3.35. The molecule has 1 aliphatic rings. The Kier molecular flexibility index (Phi) is 8.12. The second-order valence-corrected chi connectivity index (χ2v) is 7.72. The number of pyridine rings is 1. The van der Waals surface area contributed by atoms with E-state index in [0.717, 1.165) is 37.1 Å². The average molecular weight is 431 g/mol. The summed E-state index contributed by atoms with van der Waals surface area (Å²) in [5, 5.41) is 16.3. The van der Waals surface area contributed by atoms with Crippen molar-refractivity contribution in [2.45, 2.75) is 26.7 Å². The van der Waals surface area contributed by atoms with Crippen molar-refractivity contribution in [3.63, 3.8) is 0 Å². The summed E-state index contributed by atoms with van der Waals surface area (Å²) in [5.74, 6) is 1.09. The van der Waals surface area contributed by atoms with E-state index in [9.17, 15) is 4.79 Å². The number of likely N-dealkylation sites (tertiary alicyclic amines) is 1. The molecule has 166 valence electrons. The lowest BCUT2D eigenvalue weighted by Gasteiger charge is -2.28. The Labute approximate surface area is 189 Å². The summed E-state index contributed by atoms with van der Waals surface area (Å²) < 4.78 is 1.67. The number of carbonyl (C=O) groups is 1. The minimum atomic E-state index is -0.0910. The minimum Gasteiger partial charge on any atom is -0.352 e. The SMILES string of the molecule is CC.CN1CCC(CNC(=O)c2ccc(-n3cc(-c4ccc(C#N)cc4)cn3)nc2)CC1. The number of piperidine rings is 1. The van der Waals surface area contributed by atoms with Gasteiger partial charge in [0.2, 0.25) is 0 Å². The molecule has 7 nitrogen and oxygen atoms in total. The molecule has 1 amide bonds. The highest BCUT2D eigenvalue weighted by Crippen LogP contribution is 2.20. The summed E-state index contributed by atoms with van der Waals surface area (Å²) in [6, 6.07) is 13.0. The molecule has 0 spiro atoms. The van der Waals surface area contributed by atoms with E-state index in [-0.39, 0.29) is 5.91 Å². The topological polar surface area (TPSA) is 86.8 Å². The van der Waals surface area contributed by atoms with E-state index in [0.29, 0.717) is 29.4 Å². The standard InChI is InChI=1S/C23H24N6O.C2H6/c1-28-10-8-18(9-11-28)13-26-23(30)20-6-7-22(25-14-20)29-16-21(15-27-29)19-4-2-17(12-24)3-5-19;1-2/h2-7,14-16,18H,8-11,13H2,1H3,(H,26,30);1-2H3. The van der Waals surface area contributed by atoms with Crippen LogP contribution in [-0.2, 0) is 0 Å². The van der Waals surface area contributed by atoms with Gasteiger partial charge in [0, 0.05) is 24.5 Å². The van der Waals surface area contributed by atoms with Gasteiger partial charge in [-0.3, -0.25) is 4.79 Å². The third kappa shape index (κ3) is 5.80. The third-order valence-corrected chi connectivity index (χ3v) is 5.56. The van der Waals surface area contributed by atoms with Crippen LogP contribution in [0.2, 0.25) is 0 Å². The Morgan fingerprint density at radius 2 is 1.81 bits per heavy atom. The highest BCUT2D eigenvalue weighted by atomic mass is 16.1. The Balaban J connectivity index is 0.00000141. The first-order chi connectivity index (χ1) is 15.6. The van der Waals surface area contributed by atoms with Gasteiger partial charge in [-0.15, -0.1) is 0 Å². The lowest BCUT2D eigenvalue weighted by molar-refractivity contribution is 0.0938. The molecule has 3 aromatic rings. The van der Waals surface area contributed by atoms with E-state index >= 15 is 0 Å². The first-order valence-corrected chi connectivity index (χ1v) is 11.1. The number of nitrogens with one attached hydrogen (secondary N) is 1. The molecule has 32 heavy (non-hydrogen) atoms. The van der Waals surface area contributed by atoms with Crippen LogP contribution in [0.5, 0.6) is 0 Å². The van der Waals surface area contributed by atoms with Crippen LogP contribution in [0.1, 0.15) is 42.6 Å². The minimum absolute atomic E-state index is 0.0910. The molecule has 2 aromatic heterocycles. The number of benzene rings is 1. The molecular weight excluding hydrogens is 400 g/mol. The van der Waals surface area contributed by atoms with Gasteiger partial charge in [-0.05, 0) is 68.7 Å². The number of hydrogen-bond acceptors (Lipinski definition) is 5. The van der Waals surface area contributed by atoms with E-state index in [1.54, 1.807) is 41.3 Å².